The summed E-state index contributed by atoms with van der Waals surface area (Å²) in [6, 6.07) is 10.2. The Kier molecular flexibility index (Phi) is 3.59. The van der Waals surface area contributed by atoms with Crippen LogP contribution in [0.2, 0.25) is 0 Å². The van der Waals surface area contributed by atoms with Gasteiger partial charge in [-0.2, -0.15) is 0 Å². The molecule has 0 aliphatic heterocycles. The number of anilines is 1. The molecule has 2 aromatic rings. The number of para-hydroxylation sites is 1. The molecule has 3 heteroatoms. The number of rotatable bonds is 4. The van der Waals surface area contributed by atoms with Gasteiger partial charge >= 0.3 is 0 Å². The fraction of sp³-hybridized carbons (Fsp3) is 0.357. The maximum absolute atomic E-state index is 6.01. The third-order valence-electron chi connectivity index (χ3n) is 3.12. The topological polar surface area (TPSA) is 42.2 Å². The smallest absolute Gasteiger partial charge is 0.128 e. The minimum atomic E-state index is 0.649. The van der Waals surface area contributed by atoms with Gasteiger partial charge < -0.3 is 5.73 Å². The maximum atomic E-state index is 6.01. The Morgan fingerprint density at radius 1 is 1.18 bits per heavy atom. The lowest BCUT2D eigenvalue weighted by atomic mass is 10.1. The molecule has 1 aromatic heterocycles. The molecule has 0 spiro atoms. The van der Waals surface area contributed by atoms with Crippen LogP contribution >= 0.6 is 0 Å². The third-order valence-corrected chi connectivity index (χ3v) is 3.12. The van der Waals surface area contributed by atoms with E-state index in [1.54, 1.807) is 0 Å². The second-order valence-electron chi connectivity index (χ2n) is 4.19. The van der Waals surface area contributed by atoms with Crippen molar-refractivity contribution in [3.05, 3.63) is 35.9 Å². The summed E-state index contributed by atoms with van der Waals surface area (Å²) >= 11 is 0. The molecule has 0 radical (unpaired) electrons. The van der Waals surface area contributed by atoms with Crippen molar-refractivity contribution < 1.29 is 0 Å². The molecular formula is C14H19N3. The van der Waals surface area contributed by atoms with E-state index in [1.807, 2.05) is 18.2 Å². The highest BCUT2D eigenvalue weighted by Crippen LogP contribution is 2.19. The minimum Gasteiger partial charge on any atom is -0.383 e. The summed E-state index contributed by atoms with van der Waals surface area (Å²) in [6.07, 6.45) is 0. The highest BCUT2D eigenvalue weighted by Gasteiger charge is 2.07. The zero-order chi connectivity index (χ0) is 12.3. The second-order valence-corrected chi connectivity index (χ2v) is 4.19. The number of pyridine rings is 1. The first-order chi connectivity index (χ1) is 8.24. The predicted octanol–water partition coefficient (Wildman–Crippen LogP) is 2.66. The van der Waals surface area contributed by atoms with E-state index < -0.39 is 0 Å². The SMILES string of the molecule is CCN(CC)Cc1cc2ccccc2nc1N. The molecule has 90 valence electrons. The number of nitrogen functional groups attached to an aromatic ring is 1. The number of hydrogen-bond acceptors (Lipinski definition) is 3. The van der Waals surface area contributed by atoms with Gasteiger partial charge in [0.05, 0.1) is 5.52 Å². The van der Waals surface area contributed by atoms with E-state index in [4.69, 9.17) is 5.73 Å². The molecule has 0 aliphatic carbocycles. The Hall–Kier alpha value is -1.61. The van der Waals surface area contributed by atoms with Crippen molar-refractivity contribution in [2.24, 2.45) is 0 Å². The van der Waals surface area contributed by atoms with Crippen LogP contribution in [0.15, 0.2) is 30.3 Å². The summed E-state index contributed by atoms with van der Waals surface area (Å²) in [6.45, 7) is 7.25. The van der Waals surface area contributed by atoms with Crippen LogP contribution in [-0.2, 0) is 6.54 Å². The van der Waals surface area contributed by atoms with Crippen LogP contribution in [0.4, 0.5) is 5.82 Å². The van der Waals surface area contributed by atoms with Gasteiger partial charge in [-0.3, -0.25) is 4.90 Å². The van der Waals surface area contributed by atoms with Crippen molar-refractivity contribution in [1.82, 2.24) is 9.88 Å². The zero-order valence-electron chi connectivity index (χ0n) is 10.5. The van der Waals surface area contributed by atoms with E-state index in [0.717, 1.165) is 36.1 Å². The van der Waals surface area contributed by atoms with E-state index >= 15 is 0 Å². The highest BCUT2D eigenvalue weighted by atomic mass is 15.1. The Morgan fingerprint density at radius 3 is 2.59 bits per heavy atom. The van der Waals surface area contributed by atoms with Crippen molar-refractivity contribution in [3.63, 3.8) is 0 Å². The number of nitrogens with two attached hydrogens (primary N) is 1. The first kappa shape index (κ1) is 11.9. The molecule has 0 bridgehead atoms. The minimum absolute atomic E-state index is 0.649. The average molecular weight is 229 g/mol. The van der Waals surface area contributed by atoms with Gasteiger partial charge in [0.1, 0.15) is 5.82 Å². The van der Waals surface area contributed by atoms with Crippen LogP contribution in [0, 0.1) is 0 Å². The standard InChI is InChI=1S/C14H19N3/c1-3-17(4-2)10-12-9-11-7-5-6-8-13(11)16-14(12)15/h5-9H,3-4,10H2,1-2H3,(H2,15,16). The molecule has 1 aromatic carbocycles. The molecule has 0 atom stereocenters. The van der Waals surface area contributed by atoms with Crippen LogP contribution in [0.5, 0.6) is 0 Å². The molecule has 0 saturated heterocycles. The summed E-state index contributed by atoms with van der Waals surface area (Å²) in [7, 11) is 0. The number of aromatic nitrogens is 1. The Labute approximate surface area is 102 Å². The Balaban J connectivity index is 2.37. The lowest BCUT2D eigenvalue weighted by molar-refractivity contribution is 0.296. The molecule has 0 saturated carbocycles. The summed E-state index contributed by atoms with van der Waals surface area (Å²) in [5.74, 6) is 0.649. The van der Waals surface area contributed by atoms with Crippen LogP contribution in [-0.4, -0.2) is 23.0 Å². The Bertz CT molecular complexity index is 504. The van der Waals surface area contributed by atoms with Crippen molar-refractivity contribution in [2.45, 2.75) is 20.4 Å². The van der Waals surface area contributed by atoms with Gasteiger partial charge in [0.2, 0.25) is 0 Å². The van der Waals surface area contributed by atoms with Crippen molar-refractivity contribution in [3.8, 4) is 0 Å². The molecular weight excluding hydrogens is 210 g/mol. The first-order valence-corrected chi connectivity index (χ1v) is 6.11. The lowest BCUT2D eigenvalue weighted by Gasteiger charge is -2.19. The van der Waals surface area contributed by atoms with Gasteiger partial charge in [0, 0.05) is 17.5 Å². The fourth-order valence-electron chi connectivity index (χ4n) is 1.99. The van der Waals surface area contributed by atoms with Crippen molar-refractivity contribution >= 4 is 16.7 Å². The van der Waals surface area contributed by atoms with Crippen LogP contribution in [0.25, 0.3) is 10.9 Å². The van der Waals surface area contributed by atoms with Gasteiger partial charge in [-0.25, -0.2) is 4.98 Å². The van der Waals surface area contributed by atoms with Crippen LogP contribution < -0.4 is 5.73 Å². The maximum Gasteiger partial charge on any atom is 0.128 e. The largest absolute Gasteiger partial charge is 0.383 e. The summed E-state index contributed by atoms with van der Waals surface area (Å²) in [4.78, 5) is 6.78. The molecule has 1 heterocycles. The van der Waals surface area contributed by atoms with E-state index in [2.05, 4.69) is 35.9 Å². The van der Waals surface area contributed by atoms with Gasteiger partial charge in [-0.05, 0) is 25.2 Å². The molecule has 2 N–H and O–H groups in total. The highest BCUT2D eigenvalue weighted by molar-refractivity contribution is 5.81. The van der Waals surface area contributed by atoms with Gasteiger partial charge in [0.25, 0.3) is 0 Å². The monoisotopic (exact) mass is 229 g/mol. The van der Waals surface area contributed by atoms with Crippen molar-refractivity contribution in [1.29, 1.82) is 0 Å². The van der Waals surface area contributed by atoms with E-state index in [9.17, 15) is 0 Å². The summed E-state index contributed by atoms with van der Waals surface area (Å²) in [5.41, 5.74) is 8.09. The predicted molar refractivity (Wildman–Crippen MR) is 72.8 cm³/mol. The fourth-order valence-corrected chi connectivity index (χ4v) is 1.99. The number of nitrogens with zero attached hydrogens (tertiary/aromatic N) is 2. The van der Waals surface area contributed by atoms with E-state index in [1.165, 1.54) is 0 Å². The molecule has 17 heavy (non-hydrogen) atoms. The molecule has 0 amide bonds. The van der Waals surface area contributed by atoms with Gasteiger partial charge in [-0.15, -0.1) is 0 Å². The quantitative estimate of drug-likeness (QED) is 0.876. The molecule has 3 nitrogen and oxygen atoms in total. The summed E-state index contributed by atoms with van der Waals surface area (Å²) < 4.78 is 0. The van der Waals surface area contributed by atoms with Crippen molar-refractivity contribution in [2.75, 3.05) is 18.8 Å². The number of hydrogen-bond donors (Lipinski definition) is 1. The lowest BCUT2D eigenvalue weighted by Crippen LogP contribution is -2.22. The Morgan fingerprint density at radius 2 is 1.88 bits per heavy atom. The molecule has 0 fully saturated rings. The normalized spacial score (nSPS) is 11.2. The molecule has 0 unspecified atom stereocenters. The van der Waals surface area contributed by atoms with Gasteiger partial charge in [0.15, 0.2) is 0 Å². The van der Waals surface area contributed by atoms with Crippen LogP contribution in [0.3, 0.4) is 0 Å². The first-order valence-electron chi connectivity index (χ1n) is 6.11. The molecule has 2 rings (SSSR count). The summed E-state index contributed by atoms with van der Waals surface area (Å²) in [5, 5.41) is 1.16. The van der Waals surface area contributed by atoms with E-state index in [-0.39, 0.29) is 0 Å². The van der Waals surface area contributed by atoms with E-state index in [0.29, 0.717) is 5.82 Å². The van der Waals surface area contributed by atoms with Crippen LogP contribution in [0.1, 0.15) is 19.4 Å². The number of benzene rings is 1. The zero-order valence-corrected chi connectivity index (χ0v) is 10.5. The third kappa shape index (κ3) is 2.56. The average Bonchev–Trinajstić information content (AvgIpc) is 2.36. The van der Waals surface area contributed by atoms with Gasteiger partial charge in [-0.1, -0.05) is 32.0 Å². The number of fused-ring (bicyclic) bond motifs is 1. The second kappa shape index (κ2) is 5.15. The molecule has 0 aliphatic rings.